The zero-order valence-electron chi connectivity index (χ0n) is 14.2. The maximum absolute atomic E-state index is 12.3. The second kappa shape index (κ2) is 8.67. The second-order valence-corrected chi connectivity index (χ2v) is 5.91. The van der Waals surface area contributed by atoms with Crippen molar-refractivity contribution < 1.29 is 9.59 Å². The molecule has 0 fully saturated rings. The Hall–Kier alpha value is -1.88. The third-order valence-corrected chi connectivity index (χ3v) is 4.32. The lowest BCUT2D eigenvalue weighted by atomic mass is 10.0. The quantitative estimate of drug-likeness (QED) is 0.759. The summed E-state index contributed by atoms with van der Waals surface area (Å²) in [6, 6.07) is 5.52. The van der Waals surface area contributed by atoms with Gasteiger partial charge in [-0.25, -0.2) is 0 Å². The Morgan fingerprint density at radius 1 is 1.26 bits per heavy atom. The number of anilines is 1. The number of amides is 2. The molecule has 0 saturated carbocycles. The average Bonchev–Trinajstić information content (AvgIpc) is 2.74. The fourth-order valence-corrected chi connectivity index (χ4v) is 2.86. The summed E-state index contributed by atoms with van der Waals surface area (Å²) in [6.07, 6.45) is 3.15. The van der Waals surface area contributed by atoms with Crippen LogP contribution in [0.2, 0.25) is 0 Å². The standard InChI is InChI=1S/C18H27N3O2/c1-3-21(4-2)12-6-11-19-18(23)15-9-10-16-14(13-15)7-5-8-17(22)20-16/h9-10,13H,3-8,11-12H2,1-2H3,(H,19,23)(H,20,22). The molecule has 5 heteroatoms. The summed E-state index contributed by atoms with van der Waals surface area (Å²) in [5.41, 5.74) is 2.56. The molecule has 2 rings (SSSR count). The van der Waals surface area contributed by atoms with E-state index in [4.69, 9.17) is 0 Å². The third kappa shape index (κ3) is 5.06. The molecule has 23 heavy (non-hydrogen) atoms. The van der Waals surface area contributed by atoms with Crippen molar-refractivity contribution in [2.24, 2.45) is 0 Å². The van der Waals surface area contributed by atoms with Crippen LogP contribution in [-0.2, 0) is 11.2 Å². The van der Waals surface area contributed by atoms with Crippen molar-refractivity contribution in [3.8, 4) is 0 Å². The SMILES string of the molecule is CCN(CC)CCCNC(=O)c1ccc2c(c1)CCCC(=O)N2. The zero-order chi connectivity index (χ0) is 16.7. The molecule has 2 amide bonds. The van der Waals surface area contributed by atoms with Crippen LogP contribution in [0.1, 0.15) is 49.0 Å². The van der Waals surface area contributed by atoms with Gasteiger partial charge in [0.05, 0.1) is 0 Å². The summed E-state index contributed by atoms with van der Waals surface area (Å²) in [5.74, 6) is 0.0141. The van der Waals surface area contributed by atoms with Gasteiger partial charge in [-0.3, -0.25) is 9.59 Å². The van der Waals surface area contributed by atoms with Gasteiger partial charge in [-0.1, -0.05) is 13.8 Å². The molecule has 0 radical (unpaired) electrons. The Balaban J connectivity index is 1.88. The first-order chi connectivity index (χ1) is 11.1. The third-order valence-electron chi connectivity index (χ3n) is 4.32. The Labute approximate surface area is 138 Å². The molecule has 1 aromatic carbocycles. The van der Waals surface area contributed by atoms with Gasteiger partial charge in [0.25, 0.3) is 5.91 Å². The summed E-state index contributed by atoms with van der Waals surface area (Å²) in [4.78, 5) is 26.1. The van der Waals surface area contributed by atoms with Crippen molar-refractivity contribution in [2.45, 2.75) is 39.5 Å². The lowest BCUT2D eigenvalue weighted by Gasteiger charge is -2.17. The zero-order valence-corrected chi connectivity index (χ0v) is 14.2. The van der Waals surface area contributed by atoms with Crippen LogP contribution >= 0.6 is 0 Å². The summed E-state index contributed by atoms with van der Waals surface area (Å²) in [6.45, 7) is 8.07. The first kappa shape index (κ1) is 17.5. The van der Waals surface area contributed by atoms with Crippen molar-refractivity contribution in [1.82, 2.24) is 10.2 Å². The lowest BCUT2D eigenvalue weighted by Crippen LogP contribution is -2.30. The summed E-state index contributed by atoms with van der Waals surface area (Å²) >= 11 is 0. The van der Waals surface area contributed by atoms with E-state index in [9.17, 15) is 9.59 Å². The molecule has 5 nitrogen and oxygen atoms in total. The van der Waals surface area contributed by atoms with Crippen molar-refractivity contribution in [3.63, 3.8) is 0 Å². The predicted octanol–water partition coefficient (Wildman–Crippen LogP) is 2.42. The van der Waals surface area contributed by atoms with Gasteiger partial charge in [-0.2, -0.15) is 0 Å². The minimum absolute atomic E-state index is 0.0390. The fourth-order valence-electron chi connectivity index (χ4n) is 2.86. The molecule has 0 aromatic heterocycles. The van der Waals surface area contributed by atoms with Gasteiger partial charge in [0.15, 0.2) is 0 Å². The van der Waals surface area contributed by atoms with Crippen LogP contribution in [0.15, 0.2) is 18.2 Å². The second-order valence-electron chi connectivity index (χ2n) is 5.91. The van der Waals surface area contributed by atoms with E-state index in [1.165, 1.54) is 0 Å². The van der Waals surface area contributed by atoms with Gasteiger partial charge >= 0.3 is 0 Å². The Kier molecular flexibility index (Phi) is 6.59. The highest BCUT2D eigenvalue weighted by molar-refractivity contribution is 5.97. The van der Waals surface area contributed by atoms with Crippen LogP contribution in [0, 0.1) is 0 Å². The molecule has 1 aromatic rings. The summed E-state index contributed by atoms with van der Waals surface area (Å²) in [7, 11) is 0. The monoisotopic (exact) mass is 317 g/mol. The van der Waals surface area contributed by atoms with E-state index in [0.29, 0.717) is 18.5 Å². The number of nitrogens with zero attached hydrogens (tertiary/aromatic N) is 1. The number of nitrogens with one attached hydrogen (secondary N) is 2. The number of hydrogen-bond acceptors (Lipinski definition) is 3. The Morgan fingerprint density at radius 2 is 2.04 bits per heavy atom. The lowest BCUT2D eigenvalue weighted by molar-refractivity contribution is -0.116. The number of rotatable bonds is 7. The maximum atomic E-state index is 12.3. The van der Waals surface area contributed by atoms with Crippen LogP contribution in [0.3, 0.4) is 0 Å². The number of hydrogen-bond donors (Lipinski definition) is 2. The first-order valence-corrected chi connectivity index (χ1v) is 8.57. The number of benzene rings is 1. The fraction of sp³-hybridized carbons (Fsp3) is 0.556. The normalized spacial score (nSPS) is 14.1. The predicted molar refractivity (Wildman–Crippen MR) is 92.7 cm³/mol. The molecule has 1 aliphatic rings. The van der Waals surface area contributed by atoms with Crippen molar-refractivity contribution in [1.29, 1.82) is 0 Å². The van der Waals surface area contributed by atoms with Crippen LogP contribution in [0.4, 0.5) is 5.69 Å². The largest absolute Gasteiger partial charge is 0.352 e. The van der Waals surface area contributed by atoms with E-state index in [0.717, 1.165) is 50.1 Å². The number of aryl methyl sites for hydroxylation is 1. The molecule has 0 saturated heterocycles. The topological polar surface area (TPSA) is 61.4 Å². The minimum Gasteiger partial charge on any atom is -0.352 e. The summed E-state index contributed by atoms with van der Waals surface area (Å²) < 4.78 is 0. The van der Waals surface area contributed by atoms with Gasteiger partial charge in [-0.15, -0.1) is 0 Å². The van der Waals surface area contributed by atoms with Crippen LogP contribution in [0.25, 0.3) is 0 Å². The van der Waals surface area contributed by atoms with Gasteiger partial charge in [0.1, 0.15) is 0 Å². The van der Waals surface area contributed by atoms with E-state index in [-0.39, 0.29) is 11.8 Å². The number of fused-ring (bicyclic) bond motifs is 1. The number of carbonyl (C=O) groups excluding carboxylic acids is 2. The highest BCUT2D eigenvalue weighted by Gasteiger charge is 2.15. The molecule has 0 bridgehead atoms. The van der Waals surface area contributed by atoms with E-state index in [2.05, 4.69) is 29.4 Å². The van der Waals surface area contributed by atoms with Crippen molar-refractivity contribution in [2.75, 3.05) is 31.5 Å². The molecule has 0 aliphatic carbocycles. The molecular formula is C18H27N3O2. The molecule has 2 N–H and O–H groups in total. The van der Waals surface area contributed by atoms with Gasteiger partial charge in [0.2, 0.25) is 5.91 Å². The molecule has 0 unspecified atom stereocenters. The number of carbonyl (C=O) groups is 2. The van der Waals surface area contributed by atoms with E-state index in [1.807, 2.05) is 12.1 Å². The average molecular weight is 317 g/mol. The smallest absolute Gasteiger partial charge is 0.251 e. The van der Waals surface area contributed by atoms with E-state index in [1.54, 1.807) is 6.07 Å². The maximum Gasteiger partial charge on any atom is 0.251 e. The highest BCUT2D eigenvalue weighted by Crippen LogP contribution is 2.23. The van der Waals surface area contributed by atoms with E-state index < -0.39 is 0 Å². The molecule has 0 spiro atoms. The Morgan fingerprint density at radius 3 is 2.78 bits per heavy atom. The molecule has 1 heterocycles. The highest BCUT2D eigenvalue weighted by atomic mass is 16.2. The molecule has 126 valence electrons. The minimum atomic E-state index is -0.0390. The Bertz CT molecular complexity index is 553. The van der Waals surface area contributed by atoms with E-state index >= 15 is 0 Å². The molecule has 0 atom stereocenters. The van der Waals surface area contributed by atoms with Crippen LogP contribution < -0.4 is 10.6 Å². The molecular weight excluding hydrogens is 290 g/mol. The molecule has 1 aliphatic heterocycles. The van der Waals surface area contributed by atoms with Gasteiger partial charge in [0, 0.05) is 24.2 Å². The van der Waals surface area contributed by atoms with Crippen molar-refractivity contribution >= 4 is 17.5 Å². The van der Waals surface area contributed by atoms with Crippen molar-refractivity contribution in [3.05, 3.63) is 29.3 Å². The van der Waals surface area contributed by atoms with Crippen LogP contribution in [0.5, 0.6) is 0 Å². The van der Waals surface area contributed by atoms with Gasteiger partial charge in [-0.05, 0) is 62.7 Å². The van der Waals surface area contributed by atoms with Crippen LogP contribution in [-0.4, -0.2) is 42.9 Å². The first-order valence-electron chi connectivity index (χ1n) is 8.57. The summed E-state index contributed by atoms with van der Waals surface area (Å²) in [5, 5.41) is 5.87. The van der Waals surface area contributed by atoms with Gasteiger partial charge < -0.3 is 15.5 Å².